The Bertz CT molecular complexity index is 379. The Morgan fingerprint density at radius 2 is 2.28 bits per heavy atom. The Morgan fingerprint density at radius 3 is 3.00 bits per heavy atom. The summed E-state index contributed by atoms with van der Waals surface area (Å²) in [5.41, 5.74) is 1.22. The first-order valence-electron chi connectivity index (χ1n) is 6.69. The molecule has 0 saturated carbocycles. The highest BCUT2D eigenvalue weighted by atomic mass is 16.5. The van der Waals surface area contributed by atoms with E-state index in [1.54, 1.807) is 7.11 Å². The molecule has 0 radical (unpaired) electrons. The van der Waals surface area contributed by atoms with Crippen LogP contribution in [0.25, 0.3) is 0 Å². The molecule has 3 heteroatoms. The summed E-state index contributed by atoms with van der Waals surface area (Å²) in [7, 11) is 1.70. The van der Waals surface area contributed by atoms with Crippen LogP contribution in [0.3, 0.4) is 0 Å². The zero-order chi connectivity index (χ0) is 13.0. The number of hydrogen-bond acceptors (Lipinski definition) is 3. The molecule has 3 nitrogen and oxygen atoms in total. The van der Waals surface area contributed by atoms with E-state index in [9.17, 15) is 0 Å². The van der Waals surface area contributed by atoms with Gasteiger partial charge in [-0.25, -0.2) is 0 Å². The van der Waals surface area contributed by atoms with Crippen molar-refractivity contribution in [1.82, 2.24) is 5.32 Å². The van der Waals surface area contributed by atoms with Crippen molar-refractivity contribution in [2.75, 3.05) is 20.3 Å². The largest absolute Gasteiger partial charge is 0.497 e. The summed E-state index contributed by atoms with van der Waals surface area (Å²) in [5.74, 6) is 1.46. The summed E-state index contributed by atoms with van der Waals surface area (Å²) in [4.78, 5) is 0. The third-order valence-corrected chi connectivity index (χ3v) is 3.42. The van der Waals surface area contributed by atoms with Crippen LogP contribution in [0, 0.1) is 5.92 Å². The van der Waals surface area contributed by atoms with E-state index in [1.807, 2.05) is 12.1 Å². The van der Waals surface area contributed by atoms with Crippen LogP contribution in [0.15, 0.2) is 24.3 Å². The highest BCUT2D eigenvalue weighted by molar-refractivity contribution is 5.30. The van der Waals surface area contributed by atoms with Crippen molar-refractivity contribution in [3.8, 4) is 5.75 Å². The third-order valence-electron chi connectivity index (χ3n) is 3.42. The fraction of sp³-hybridized carbons (Fsp3) is 0.600. The van der Waals surface area contributed by atoms with Crippen molar-refractivity contribution in [2.24, 2.45) is 5.92 Å². The number of nitrogens with one attached hydrogen (secondary N) is 1. The first-order chi connectivity index (χ1) is 8.70. The third kappa shape index (κ3) is 3.24. The minimum absolute atomic E-state index is 0.200. The van der Waals surface area contributed by atoms with Crippen LogP contribution >= 0.6 is 0 Å². The minimum atomic E-state index is 0.200. The molecule has 1 aromatic carbocycles. The second-order valence-electron chi connectivity index (χ2n) is 5.18. The molecule has 2 unspecified atom stereocenters. The van der Waals surface area contributed by atoms with E-state index in [0.29, 0.717) is 12.0 Å². The zero-order valence-electron chi connectivity index (χ0n) is 11.5. The summed E-state index contributed by atoms with van der Waals surface area (Å²) >= 11 is 0. The number of rotatable bonds is 5. The van der Waals surface area contributed by atoms with Crippen molar-refractivity contribution in [3.63, 3.8) is 0 Å². The van der Waals surface area contributed by atoms with Gasteiger partial charge in [-0.1, -0.05) is 26.0 Å². The zero-order valence-corrected chi connectivity index (χ0v) is 11.5. The molecule has 0 amide bonds. The van der Waals surface area contributed by atoms with Gasteiger partial charge in [-0.2, -0.15) is 0 Å². The molecule has 1 fully saturated rings. The topological polar surface area (TPSA) is 30.5 Å². The van der Waals surface area contributed by atoms with Crippen molar-refractivity contribution in [3.05, 3.63) is 29.8 Å². The van der Waals surface area contributed by atoms with Crippen LogP contribution in [-0.4, -0.2) is 26.3 Å². The van der Waals surface area contributed by atoms with Crippen LogP contribution in [0.2, 0.25) is 0 Å². The quantitative estimate of drug-likeness (QED) is 0.870. The number of benzene rings is 1. The highest BCUT2D eigenvalue weighted by Crippen LogP contribution is 2.35. The van der Waals surface area contributed by atoms with Gasteiger partial charge in [0.25, 0.3) is 0 Å². The van der Waals surface area contributed by atoms with Gasteiger partial charge in [-0.15, -0.1) is 0 Å². The SMILES string of the molecule is COc1cccc(C2OCCC2CNC(C)C)c1. The van der Waals surface area contributed by atoms with Crippen LogP contribution in [-0.2, 0) is 4.74 Å². The summed E-state index contributed by atoms with van der Waals surface area (Å²) in [6, 6.07) is 8.73. The van der Waals surface area contributed by atoms with E-state index in [-0.39, 0.29) is 6.10 Å². The molecule has 100 valence electrons. The molecule has 0 bridgehead atoms. The van der Waals surface area contributed by atoms with Crippen LogP contribution in [0.5, 0.6) is 5.75 Å². The van der Waals surface area contributed by atoms with Crippen LogP contribution in [0.4, 0.5) is 0 Å². The molecule has 1 saturated heterocycles. The molecular formula is C15H23NO2. The van der Waals surface area contributed by atoms with Crippen LogP contribution < -0.4 is 10.1 Å². The maximum Gasteiger partial charge on any atom is 0.119 e. The van der Waals surface area contributed by atoms with E-state index >= 15 is 0 Å². The normalized spacial score (nSPS) is 23.6. The first-order valence-corrected chi connectivity index (χ1v) is 6.69. The maximum absolute atomic E-state index is 5.89. The Hall–Kier alpha value is -1.06. The van der Waals surface area contributed by atoms with Gasteiger partial charge in [0.1, 0.15) is 5.75 Å². The van der Waals surface area contributed by atoms with Gasteiger partial charge in [0.2, 0.25) is 0 Å². The Morgan fingerprint density at radius 1 is 1.44 bits per heavy atom. The lowest BCUT2D eigenvalue weighted by Gasteiger charge is -2.21. The molecule has 0 spiro atoms. The van der Waals surface area contributed by atoms with E-state index in [4.69, 9.17) is 9.47 Å². The molecule has 0 aliphatic carbocycles. The van der Waals surface area contributed by atoms with Gasteiger partial charge in [-0.3, -0.25) is 0 Å². The average molecular weight is 249 g/mol. The monoisotopic (exact) mass is 249 g/mol. The molecule has 1 aromatic rings. The van der Waals surface area contributed by atoms with Crippen molar-refractivity contribution in [2.45, 2.75) is 32.4 Å². The van der Waals surface area contributed by atoms with Gasteiger partial charge >= 0.3 is 0 Å². The summed E-state index contributed by atoms with van der Waals surface area (Å²) < 4.78 is 11.2. The Balaban J connectivity index is 2.05. The van der Waals surface area contributed by atoms with Crippen molar-refractivity contribution < 1.29 is 9.47 Å². The lowest BCUT2D eigenvalue weighted by Crippen LogP contribution is -2.30. The molecule has 1 aliphatic rings. The minimum Gasteiger partial charge on any atom is -0.497 e. The van der Waals surface area contributed by atoms with E-state index < -0.39 is 0 Å². The average Bonchev–Trinajstić information content (AvgIpc) is 2.84. The second kappa shape index (κ2) is 6.21. The van der Waals surface area contributed by atoms with Gasteiger partial charge in [0.15, 0.2) is 0 Å². The molecular weight excluding hydrogens is 226 g/mol. The van der Waals surface area contributed by atoms with Gasteiger partial charge in [0, 0.05) is 25.1 Å². The fourth-order valence-corrected chi connectivity index (χ4v) is 2.42. The van der Waals surface area contributed by atoms with Gasteiger partial charge < -0.3 is 14.8 Å². The predicted octanol–water partition coefficient (Wildman–Crippen LogP) is 2.77. The number of hydrogen-bond donors (Lipinski definition) is 1. The maximum atomic E-state index is 5.89. The number of ether oxygens (including phenoxy) is 2. The number of methoxy groups -OCH3 is 1. The molecule has 1 aliphatic heterocycles. The predicted molar refractivity (Wildman–Crippen MR) is 72.9 cm³/mol. The molecule has 1 N–H and O–H groups in total. The summed E-state index contributed by atoms with van der Waals surface area (Å²) in [6.07, 6.45) is 1.33. The van der Waals surface area contributed by atoms with Crippen molar-refractivity contribution in [1.29, 1.82) is 0 Å². The Labute approximate surface area is 109 Å². The molecule has 18 heavy (non-hydrogen) atoms. The molecule has 0 aromatic heterocycles. The molecule has 2 atom stereocenters. The van der Waals surface area contributed by atoms with E-state index in [1.165, 1.54) is 5.56 Å². The van der Waals surface area contributed by atoms with E-state index in [2.05, 4.69) is 31.3 Å². The lowest BCUT2D eigenvalue weighted by atomic mass is 9.95. The van der Waals surface area contributed by atoms with Crippen LogP contribution in [0.1, 0.15) is 31.9 Å². The smallest absolute Gasteiger partial charge is 0.119 e. The first kappa shape index (κ1) is 13.4. The molecule has 1 heterocycles. The lowest BCUT2D eigenvalue weighted by molar-refractivity contribution is 0.0899. The second-order valence-corrected chi connectivity index (χ2v) is 5.18. The summed E-state index contributed by atoms with van der Waals surface area (Å²) in [6.45, 7) is 6.22. The standard InChI is InChI=1S/C15H23NO2/c1-11(2)16-10-13-7-8-18-15(13)12-5-4-6-14(9-12)17-3/h4-6,9,11,13,15-16H,7-8,10H2,1-3H3. The highest BCUT2D eigenvalue weighted by Gasteiger charge is 2.29. The summed E-state index contributed by atoms with van der Waals surface area (Å²) in [5, 5.41) is 3.50. The Kier molecular flexibility index (Phi) is 4.61. The van der Waals surface area contributed by atoms with Crippen molar-refractivity contribution >= 4 is 0 Å². The van der Waals surface area contributed by atoms with E-state index in [0.717, 1.165) is 25.3 Å². The van der Waals surface area contributed by atoms with Gasteiger partial charge in [-0.05, 0) is 24.1 Å². The molecule has 2 rings (SSSR count). The fourth-order valence-electron chi connectivity index (χ4n) is 2.42. The van der Waals surface area contributed by atoms with Gasteiger partial charge in [0.05, 0.1) is 13.2 Å².